The number of nitrogens with two attached hydrogens (primary N) is 2. The molecule has 4 aromatic rings. The van der Waals surface area contributed by atoms with Gasteiger partial charge in [0, 0.05) is 45.8 Å². The van der Waals surface area contributed by atoms with Gasteiger partial charge in [0.2, 0.25) is 11.8 Å². The van der Waals surface area contributed by atoms with Gasteiger partial charge in [-0.05, 0) is 22.9 Å². The van der Waals surface area contributed by atoms with Gasteiger partial charge in [0.25, 0.3) is 6.47 Å². The normalized spacial score (nSPS) is 12.0. The van der Waals surface area contributed by atoms with Crippen molar-refractivity contribution in [3.63, 3.8) is 0 Å². The van der Waals surface area contributed by atoms with Crippen molar-refractivity contribution < 1.29 is 29.0 Å². The highest BCUT2D eigenvalue weighted by atomic mass is 33.1. The molecule has 0 saturated carbocycles. The molecule has 2 unspecified atom stereocenters. The number of fused-ring (bicyclic) bond motifs is 2. The van der Waals surface area contributed by atoms with Gasteiger partial charge in [0.1, 0.15) is 11.5 Å². The lowest BCUT2D eigenvalue weighted by molar-refractivity contribution is -0.123. The Balaban J connectivity index is 0.00000147. The Hall–Kier alpha value is -3.97. The van der Waals surface area contributed by atoms with E-state index in [1.165, 1.54) is 21.6 Å². The largest absolute Gasteiger partial charge is 0.496 e. The molecule has 0 aromatic heterocycles. The van der Waals surface area contributed by atoms with E-state index in [2.05, 4.69) is 10.6 Å². The lowest BCUT2D eigenvalue weighted by Crippen LogP contribution is -2.38. The monoisotopic (exact) mass is 596 g/mol. The molecule has 41 heavy (non-hydrogen) atoms. The van der Waals surface area contributed by atoms with Gasteiger partial charge in [-0.25, -0.2) is 0 Å². The number of carbonyl (C=O) groups is 3. The van der Waals surface area contributed by atoms with Crippen LogP contribution in [0, 0.1) is 0 Å². The van der Waals surface area contributed by atoms with Crippen LogP contribution in [0.25, 0.3) is 21.5 Å². The van der Waals surface area contributed by atoms with Gasteiger partial charge in [-0.3, -0.25) is 14.4 Å². The SMILES string of the molecule is COc1cc(NC(=O)C(N)CSSCC(N)C(=O)Nc2cc(OC)c3ccccc3c2)cc2ccccc12.O=CO. The molecule has 4 rings (SSSR count). The number of anilines is 2. The minimum absolute atomic E-state index is 0.250. The first-order chi connectivity index (χ1) is 19.8. The van der Waals surface area contributed by atoms with Crippen LogP contribution in [0.4, 0.5) is 11.4 Å². The average molecular weight is 597 g/mol. The van der Waals surface area contributed by atoms with E-state index < -0.39 is 12.1 Å². The lowest BCUT2D eigenvalue weighted by Gasteiger charge is -2.15. The van der Waals surface area contributed by atoms with Crippen LogP contribution in [0.1, 0.15) is 0 Å². The summed E-state index contributed by atoms with van der Waals surface area (Å²) in [5.74, 6) is 1.46. The first kappa shape index (κ1) is 31.6. The Morgan fingerprint density at radius 3 is 1.51 bits per heavy atom. The summed E-state index contributed by atoms with van der Waals surface area (Å²) in [4.78, 5) is 33.6. The molecule has 0 spiro atoms. The van der Waals surface area contributed by atoms with E-state index in [1.807, 2.05) is 60.7 Å². The topological polar surface area (TPSA) is 166 Å². The van der Waals surface area contributed by atoms with Gasteiger partial charge < -0.3 is 36.7 Å². The van der Waals surface area contributed by atoms with Crippen molar-refractivity contribution in [2.24, 2.45) is 11.5 Å². The molecule has 0 aliphatic carbocycles. The van der Waals surface area contributed by atoms with Crippen molar-refractivity contribution in [1.82, 2.24) is 0 Å². The molecule has 2 amide bonds. The summed E-state index contributed by atoms with van der Waals surface area (Å²) in [5, 5.41) is 16.4. The number of ether oxygens (including phenoxy) is 2. The molecular formula is C29H32N4O6S2. The molecule has 0 aliphatic rings. The van der Waals surface area contributed by atoms with Crippen LogP contribution in [-0.4, -0.2) is 61.2 Å². The zero-order valence-corrected chi connectivity index (χ0v) is 24.2. The molecule has 0 heterocycles. The fourth-order valence-electron chi connectivity index (χ4n) is 3.90. The summed E-state index contributed by atoms with van der Waals surface area (Å²) in [5.41, 5.74) is 13.4. The third-order valence-electron chi connectivity index (χ3n) is 5.87. The number of carboxylic acid groups (broad SMARTS) is 1. The number of hydrogen-bond donors (Lipinski definition) is 5. The minimum atomic E-state index is -0.736. The third kappa shape index (κ3) is 8.76. The maximum Gasteiger partial charge on any atom is 0.290 e. The summed E-state index contributed by atoms with van der Waals surface area (Å²) in [7, 11) is 5.98. The molecule has 0 fully saturated rings. The number of nitrogens with one attached hydrogen (secondary N) is 2. The first-order valence-corrected chi connectivity index (χ1v) is 14.9. The van der Waals surface area contributed by atoms with Gasteiger partial charge >= 0.3 is 0 Å². The quantitative estimate of drug-likeness (QED) is 0.0956. The molecule has 12 heteroatoms. The Kier molecular flexibility index (Phi) is 12.1. The highest BCUT2D eigenvalue weighted by molar-refractivity contribution is 8.76. The van der Waals surface area contributed by atoms with Crippen LogP contribution in [0.15, 0.2) is 72.8 Å². The number of hydrogen-bond acceptors (Lipinski definition) is 9. The fourth-order valence-corrected chi connectivity index (χ4v) is 6.14. The Bertz CT molecular complexity index is 1390. The van der Waals surface area contributed by atoms with Crippen LogP contribution in [0.5, 0.6) is 11.5 Å². The number of rotatable bonds is 11. The van der Waals surface area contributed by atoms with Gasteiger partial charge in [-0.15, -0.1) is 0 Å². The van der Waals surface area contributed by atoms with E-state index in [0.717, 1.165) is 21.5 Å². The van der Waals surface area contributed by atoms with Gasteiger partial charge in [0.15, 0.2) is 0 Å². The molecule has 0 aliphatic heterocycles. The number of carbonyl (C=O) groups excluding carboxylic acids is 2. The summed E-state index contributed by atoms with van der Waals surface area (Å²) < 4.78 is 10.9. The zero-order valence-electron chi connectivity index (χ0n) is 22.5. The van der Waals surface area contributed by atoms with Crippen molar-refractivity contribution in [3.05, 3.63) is 72.8 Å². The minimum Gasteiger partial charge on any atom is -0.496 e. The molecular weight excluding hydrogens is 564 g/mol. The summed E-state index contributed by atoms with van der Waals surface area (Å²) >= 11 is 0. The van der Waals surface area contributed by atoms with Crippen LogP contribution >= 0.6 is 21.6 Å². The molecule has 216 valence electrons. The predicted octanol–water partition coefficient (Wildman–Crippen LogP) is 4.32. The number of methoxy groups -OCH3 is 2. The summed E-state index contributed by atoms with van der Waals surface area (Å²) in [6.45, 7) is -0.250. The van der Waals surface area contributed by atoms with Gasteiger partial charge in [-0.1, -0.05) is 70.1 Å². The smallest absolute Gasteiger partial charge is 0.290 e. The third-order valence-corrected chi connectivity index (χ3v) is 8.35. The molecule has 0 radical (unpaired) electrons. The molecule has 7 N–H and O–H groups in total. The second-order valence-electron chi connectivity index (χ2n) is 8.67. The average Bonchev–Trinajstić information content (AvgIpc) is 2.98. The standard InChI is InChI=1S/C28H30N4O4S2.CH2O2/c1-35-25-13-19(11-17-7-3-5-9-21(17)25)31-27(33)23(29)15-37-38-16-24(30)28(34)32-20-12-18-8-4-6-10-22(18)26(14-20)36-2;2-1-3/h3-14,23-24H,15-16,29-30H2,1-2H3,(H,31,33)(H,32,34);1H,(H,2,3). The Morgan fingerprint density at radius 2 is 1.15 bits per heavy atom. The zero-order chi connectivity index (χ0) is 29.8. The van der Waals surface area contributed by atoms with Crippen molar-refractivity contribution in [3.8, 4) is 11.5 Å². The number of benzene rings is 4. The van der Waals surface area contributed by atoms with E-state index >= 15 is 0 Å². The van der Waals surface area contributed by atoms with Crippen LogP contribution in [0.3, 0.4) is 0 Å². The van der Waals surface area contributed by atoms with Crippen LogP contribution < -0.4 is 31.6 Å². The van der Waals surface area contributed by atoms with E-state index in [-0.39, 0.29) is 18.3 Å². The van der Waals surface area contributed by atoms with Crippen LogP contribution in [-0.2, 0) is 14.4 Å². The summed E-state index contributed by atoms with van der Waals surface area (Å²) in [6, 6.07) is 21.4. The maximum absolute atomic E-state index is 12.6. The van der Waals surface area contributed by atoms with Crippen LogP contribution in [0.2, 0.25) is 0 Å². The van der Waals surface area contributed by atoms with E-state index in [9.17, 15) is 9.59 Å². The molecule has 4 aromatic carbocycles. The maximum atomic E-state index is 12.6. The Morgan fingerprint density at radius 1 is 0.780 bits per heavy atom. The fraction of sp³-hybridized carbons (Fsp3) is 0.207. The predicted molar refractivity (Wildman–Crippen MR) is 168 cm³/mol. The first-order valence-electron chi connectivity index (χ1n) is 12.4. The molecule has 0 bridgehead atoms. The highest BCUT2D eigenvalue weighted by Crippen LogP contribution is 2.31. The second-order valence-corrected chi connectivity index (χ2v) is 11.2. The molecule has 0 saturated heterocycles. The lowest BCUT2D eigenvalue weighted by atomic mass is 10.1. The molecule has 10 nitrogen and oxygen atoms in total. The van der Waals surface area contributed by atoms with E-state index in [4.69, 9.17) is 30.8 Å². The molecule has 2 atom stereocenters. The summed E-state index contributed by atoms with van der Waals surface area (Å²) in [6.07, 6.45) is 0. The Labute approximate surface area is 245 Å². The number of amides is 2. The van der Waals surface area contributed by atoms with E-state index in [0.29, 0.717) is 34.4 Å². The van der Waals surface area contributed by atoms with E-state index in [1.54, 1.807) is 26.4 Å². The van der Waals surface area contributed by atoms with Gasteiger partial charge in [-0.2, -0.15) is 0 Å². The van der Waals surface area contributed by atoms with Crippen molar-refractivity contribution >= 4 is 72.8 Å². The van der Waals surface area contributed by atoms with Crippen molar-refractivity contribution in [2.45, 2.75) is 12.1 Å². The van der Waals surface area contributed by atoms with Crippen molar-refractivity contribution in [2.75, 3.05) is 36.4 Å². The van der Waals surface area contributed by atoms with Crippen molar-refractivity contribution in [1.29, 1.82) is 0 Å². The second kappa shape index (κ2) is 15.7. The highest BCUT2D eigenvalue weighted by Gasteiger charge is 2.18. The van der Waals surface area contributed by atoms with Gasteiger partial charge in [0.05, 0.1) is 26.3 Å².